The normalized spacial score (nSPS) is 25.0. The first-order valence-electron chi connectivity index (χ1n) is 4.95. The number of fused-ring (bicyclic) bond motifs is 1. The highest BCUT2D eigenvalue weighted by Gasteiger charge is 2.28. The van der Waals surface area contributed by atoms with Crippen molar-refractivity contribution in [2.75, 3.05) is 6.54 Å². The molecule has 3 heteroatoms. The van der Waals surface area contributed by atoms with Crippen molar-refractivity contribution in [2.24, 2.45) is 5.73 Å². The molecule has 2 unspecified atom stereocenters. The molecule has 3 N–H and O–H groups in total. The molecule has 2 atom stereocenters. The first kappa shape index (κ1) is 9.65. The molecule has 1 aromatic rings. The topological polar surface area (TPSA) is 55.5 Å². The second-order valence-corrected chi connectivity index (χ2v) is 3.54. The van der Waals surface area contributed by atoms with E-state index in [4.69, 9.17) is 10.5 Å². The van der Waals surface area contributed by atoms with Crippen molar-refractivity contribution in [3.63, 3.8) is 0 Å². The van der Waals surface area contributed by atoms with Gasteiger partial charge in [-0.15, -0.1) is 0 Å². The molecular weight excluding hydrogens is 178 g/mol. The van der Waals surface area contributed by atoms with Crippen molar-refractivity contribution in [3.05, 3.63) is 35.4 Å². The van der Waals surface area contributed by atoms with Crippen LogP contribution in [0.2, 0.25) is 0 Å². The van der Waals surface area contributed by atoms with Crippen LogP contribution in [0, 0.1) is 0 Å². The fourth-order valence-corrected chi connectivity index (χ4v) is 1.86. The van der Waals surface area contributed by atoms with E-state index in [2.05, 4.69) is 0 Å². The maximum absolute atomic E-state index is 9.60. The molecule has 0 saturated carbocycles. The molecule has 0 saturated heterocycles. The molecule has 1 aliphatic heterocycles. The van der Waals surface area contributed by atoms with Crippen molar-refractivity contribution < 1.29 is 9.84 Å². The van der Waals surface area contributed by atoms with Gasteiger partial charge in [-0.25, -0.2) is 0 Å². The van der Waals surface area contributed by atoms with Gasteiger partial charge >= 0.3 is 0 Å². The average molecular weight is 193 g/mol. The van der Waals surface area contributed by atoms with Crippen LogP contribution in [0.25, 0.3) is 0 Å². The number of benzene rings is 1. The van der Waals surface area contributed by atoms with E-state index in [1.165, 1.54) is 0 Å². The van der Waals surface area contributed by atoms with Crippen LogP contribution in [0.1, 0.15) is 36.4 Å². The zero-order valence-corrected chi connectivity index (χ0v) is 8.02. The standard InChI is InChI=1S/C11H15NO2/c12-7-3-6-10-8-4-1-2-5-9(8)11(13)14-10/h1-2,4-5,10-11,13H,3,6-7,12H2. The average Bonchev–Trinajstić information content (AvgIpc) is 2.54. The van der Waals surface area contributed by atoms with Gasteiger partial charge in [0, 0.05) is 5.56 Å². The van der Waals surface area contributed by atoms with Crippen LogP contribution in [0.5, 0.6) is 0 Å². The molecule has 14 heavy (non-hydrogen) atoms. The van der Waals surface area contributed by atoms with Gasteiger partial charge in [-0.05, 0) is 24.9 Å². The monoisotopic (exact) mass is 193 g/mol. The largest absolute Gasteiger partial charge is 0.364 e. The Morgan fingerprint density at radius 2 is 2.00 bits per heavy atom. The number of nitrogens with two attached hydrogens (primary N) is 1. The molecule has 76 valence electrons. The lowest BCUT2D eigenvalue weighted by Gasteiger charge is -2.10. The number of aliphatic hydroxyl groups is 1. The smallest absolute Gasteiger partial charge is 0.182 e. The Morgan fingerprint density at radius 3 is 2.71 bits per heavy atom. The van der Waals surface area contributed by atoms with Crippen LogP contribution in [-0.4, -0.2) is 11.7 Å². The number of rotatable bonds is 3. The molecule has 0 aliphatic carbocycles. The molecular formula is C11H15NO2. The SMILES string of the molecule is NCCCC1OC(O)c2ccccc21. The molecule has 3 nitrogen and oxygen atoms in total. The van der Waals surface area contributed by atoms with Gasteiger partial charge < -0.3 is 15.6 Å². The molecule has 1 aromatic carbocycles. The van der Waals surface area contributed by atoms with E-state index in [1.807, 2.05) is 24.3 Å². The second kappa shape index (κ2) is 4.09. The van der Waals surface area contributed by atoms with E-state index < -0.39 is 6.29 Å². The lowest BCUT2D eigenvalue weighted by atomic mass is 10.0. The Balaban J connectivity index is 2.17. The van der Waals surface area contributed by atoms with Gasteiger partial charge in [0.2, 0.25) is 0 Å². The highest BCUT2D eigenvalue weighted by atomic mass is 16.6. The third-order valence-electron chi connectivity index (χ3n) is 2.57. The van der Waals surface area contributed by atoms with E-state index >= 15 is 0 Å². The summed E-state index contributed by atoms with van der Waals surface area (Å²) >= 11 is 0. The Morgan fingerprint density at radius 1 is 1.29 bits per heavy atom. The van der Waals surface area contributed by atoms with E-state index in [0.717, 1.165) is 24.0 Å². The Labute approximate surface area is 83.5 Å². The molecule has 0 radical (unpaired) electrons. The summed E-state index contributed by atoms with van der Waals surface area (Å²) in [6, 6.07) is 7.79. The number of hydrogen-bond acceptors (Lipinski definition) is 3. The van der Waals surface area contributed by atoms with Gasteiger partial charge in [0.05, 0.1) is 6.10 Å². The number of aliphatic hydroxyl groups excluding tert-OH is 1. The first-order valence-corrected chi connectivity index (χ1v) is 4.95. The van der Waals surface area contributed by atoms with Gasteiger partial charge in [-0.3, -0.25) is 0 Å². The van der Waals surface area contributed by atoms with Crippen LogP contribution in [0.15, 0.2) is 24.3 Å². The molecule has 0 fully saturated rings. The zero-order chi connectivity index (χ0) is 9.97. The maximum atomic E-state index is 9.60. The summed E-state index contributed by atoms with van der Waals surface area (Å²) in [7, 11) is 0. The summed E-state index contributed by atoms with van der Waals surface area (Å²) in [6.45, 7) is 0.665. The lowest BCUT2D eigenvalue weighted by molar-refractivity contribution is -0.122. The van der Waals surface area contributed by atoms with Gasteiger partial charge in [-0.1, -0.05) is 24.3 Å². The van der Waals surface area contributed by atoms with Crippen LogP contribution in [-0.2, 0) is 4.74 Å². The quantitative estimate of drug-likeness (QED) is 0.764. The Bertz CT molecular complexity index is 314. The van der Waals surface area contributed by atoms with E-state index in [-0.39, 0.29) is 6.10 Å². The molecule has 0 aromatic heterocycles. The predicted octanol–water partition coefficient (Wildman–Crippen LogP) is 1.49. The Kier molecular flexibility index (Phi) is 2.82. The van der Waals surface area contributed by atoms with Gasteiger partial charge in [-0.2, -0.15) is 0 Å². The zero-order valence-electron chi connectivity index (χ0n) is 8.02. The minimum Gasteiger partial charge on any atom is -0.364 e. The summed E-state index contributed by atoms with van der Waals surface area (Å²) < 4.78 is 5.43. The van der Waals surface area contributed by atoms with Crippen molar-refractivity contribution in [3.8, 4) is 0 Å². The van der Waals surface area contributed by atoms with E-state index in [0.29, 0.717) is 6.54 Å². The van der Waals surface area contributed by atoms with Crippen molar-refractivity contribution in [1.29, 1.82) is 0 Å². The Hall–Kier alpha value is -0.900. The fraction of sp³-hybridized carbons (Fsp3) is 0.455. The fourth-order valence-electron chi connectivity index (χ4n) is 1.86. The van der Waals surface area contributed by atoms with Crippen LogP contribution in [0.3, 0.4) is 0 Å². The molecule has 0 amide bonds. The van der Waals surface area contributed by atoms with Crippen LogP contribution >= 0.6 is 0 Å². The van der Waals surface area contributed by atoms with E-state index in [9.17, 15) is 5.11 Å². The molecule has 1 heterocycles. The summed E-state index contributed by atoms with van der Waals surface area (Å²) in [4.78, 5) is 0. The van der Waals surface area contributed by atoms with Crippen LogP contribution < -0.4 is 5.73 Å². The number of ether oxygens (including phenoxy) is 1. The minimum absolute atomic E-state index is 0.0183. The second-order valence-electron chi connectivity index (χ2n) is 3.54. The molecule has 0 bridgehead atoms. The van der Waals surface area contributed by atoms with Crippen molar-refractivity contribution in [1.82, 2.24) is 0 Å². The van der Waals surface area contributed by atoms with Gasteiger partial charge in [0.1, 0.15) is 0 Å². The predicted molar refractivity (Wildman–Crippen MR) is 53.5 cm³/mol. The molecule has 0 spiro atoms. The summed E-state index contributed by atoms with van der Waals surface area (Å²) in [5.74, 6) is 0. The highest BCUT2D eigenvalue weighted by molar-refractivity contribution is 5.33. The molecule has 1 aliphatic rings. The minimum atomic E-state index is -0.756. The first-order chi connectivity index (χ1) is 6.83. The summed E-state index contributed by atoms with van der Waals surface area (Å²) in [5.41, 5.74) is 7.45. The third kappa shape index (κ3) is 1.66. The lowest BCUT2D eigenvalue weighted by Crippen LogP contribution is -2.03. The summed E-state index contributed by atoms with van der Waals surface area (Å²) in [6.07, 6.45) is 1.06. The van der Waals surface area contributed by atoms with Crippen molar-refractivity contribution in [2.45, 2.75) is 25.2 Å². The van der Waals surface area contributed by atoms with E-state index in [1.54, 1.807) is 0 Å². The molecule has 2 rings (SSSR count). The third-order valence-corrected chi connectivity index (χ3v) is 2.57. The van der Waals surface area contributed by atoms with Crippen molar-refractivity contribution >= 4 is 0 Å². The maximum Gasteiger partial charge on any atom is 0.182 e. The highest BCUT2D eigenvalue weighted by Crippen LogP contribution is 2.39. The number of hydrogen-bond donors (Lipinski definition) is 2. The van der Waals surface area contributed by atoms with Crippen LogP contribution in [0.4, 0.5) is 0 Å². The van der Waals surface area contributed by atoms with Gasteiger partial charge in [0.15, 0.2) is 6.29 Å². The summed E-state index contributed by atoms with van der Waals surface area (Å²) in [5, 5.41) is 9.60. The van der Waals surface area contributed by atoms with Gasteiger partial charge in [0.25, 0.3) is 0 Å².